The molecule has 0 radical (unpaired) electrons. The number of benzene rings is 1. The predicted molar refractivity (Wildman–Crippen MR) is 77.5 cm³/mol. The molecule has 1 atom stereocenters. The summed E-state index contributed by atoms with van der Waals surface area (Å²) in [6.45, 7) is 2.42. The summed E-state index contributed by atoms with van der Waals surface area (Å²) >= 11 is 3.36. The number of halogens is 1. The van der Waals surface area contributed by atoms with Crippen LogP contribution in [-0.2, 0) is 11.2 Å². The molecule has 0 saturated heterocycles. The molecule has 19 heavy (non-hydrogen) atoms. The van der Waals surface area contributed by atoms with Crippen LogP contribution in [0.5, 0.6) is 0 Å². The summed E-state index contributed by atoms with van der Waals surface area (Å²) in [5, 5.41) is 6.45. The van der Waals surface area contributed by atoms with Gasteiger partial charge in [-0.2, -0.15) is 0 Å². The average Bonchev–Trinajstić information content (AvgIpc) is 2.37. The first-order valence-corrected chi connectivity index (χ1v) is 6.57. The van der Waals surface area contributed by atoms with Crippen LogP contribution in [0.15, 0.2) is 33.9 Å². The molecule has 1 rings (SSSR count). The van der Waals surface area contributed by atoms with Gasteiger partial charge in [0.05, 0.1) is 5.54 Å². The molecule has 1 unspecified atom stereocenters. The van der Waals surface area contributed by atoms with Gasteiger partial charge in [0.15, 0.2) is 0 Å². The molecular weight excluding hydrogens is 310 g/mol. The SMILES string of the molecule is CC(Cc1ccc(Br)cc1)(NCCN=[N+]=[N-])C(N)=O. The van der Waals surface area contributed by atoms with E-state index in [0.717, 1.165) is 10.0 Å². The van der Waals surface area contributed by atoms with Gasteiger partial charge >= 0.3 is 0 Å². The normalized spacial score (nSPS) is 13.4. The van der Waals surface area contributed by atoms with Gasteiger partial charge < -0.3 is 11.1 Å². The van der Waals surface area contributed by atoms with Crippen molar-refractivity contribution in [2.45, 2.75) is 18.9 Å². The van der Waals surface area contributed by atoms with E-state index < -0.39 is 11.4 Å². The Morgan fingerprint density at radius 2 is 2.16 bits per heavy atom. The van der Waals surface area contributed by atoms with Gasteiger partial charge in [-0.3, -0.25) is 4.79 Å². The van der Waals surface area contributed by atoms with Crippen molar-refractivity contribution >= 4 is 21.8 Å². The highest BCUT2D eigenvalue weighted by Crippen LogP contribution is 2.16. The molecule has 0 bridgehead atoms. The minimum Gasteiger partial charge on any atom is -0.368 e. The molecule has 102 valence electrons. The van der Waals surface area contributed by atoms with Crippen LogP contribution in [-0.4, -0.2) is 24.5 Å². The Labute approximate surface area is 120 Å². The molecule has 0 aliphatic rings. The Kier molecular flexibility index (Phi) is 5.82. The maximum Gasteiger partial charge on any atom is 0.237 e. The lowest BCUT2D eigenvalue weighted by atomic mass is 9.92. The van der Waals surface area contributed by atoms with E-state index in [1.165, 1.54) is 0 Å². The number of azide groups is 1. The number of nitrogens with zero attached hydrogens (tertiary/aromatic N) is 3. The summed E-state index contributed by atoms with van der Waals surface area (Å²) in [5.41, 5.74) is 13.8. The van der Waals surface area contributed by atoms with Gasteiger partial charge in [-0.05, 0) is 36.6 Å². The number of hydrogen-bond acceptors (Lipinski definition) is 3. The van der Waals surface area contributed by atoms with E-state index in [-0.39, 0.29) is 6.54 Å². The number of primary amides is 1. The Bertz CT molecular complexity index is 483. The third-order valence-electron chi connectivity index (χ3n) is 2.80. The molecule has 1 aromatic carbocycles. The first-order chi connectivity index (χ1) is 8.98. The topological polar surface area (TPSA) is 104 Å². The number of hydrogen-bond donors (Lipinski definition) is 2. The Balaban J connectivity index is 2.72. The van der Waals surface area contributed by atoms with Crippen LogP contribution in [0.2, 0.25) is 0 Å². The fraction of sp³-hybridized carbons (Fsp3) is 0.417. The van der Waals surface area contributed by atoms with E-state index >= 15 is 0 Å². The Morgan fingerprint density at radius 1 is 1.53 bits per heavy atom. The summed E-state index contributed by atoms with van der Waals surface area (Å²) < 4.78 is 0.980. The molecule has 1 amide bonds. The highest BCUT2D eigenvalue weighted by atomic mass is 79.9. The molecular formula is C12H16BrN5O. The van der Waals surface area contributed by atoms with Crippen LogP contribution in [0.4, 0.5) is 0 Å². The van der Waals surface area contributed by atoms with Crippen molar-refractivity contribution in [2.24, 2.45) is 10.8 Å². The van der Waals surface area contributed by atoms with Crippen LogP contribution < -0.4 is 11.1 Å². The largest absolute Gasteiger partial charge is 0.368 e. The molecule has 7 heteroatoms. The maximum atomic E-state index is 11.6. The number of carbonyl (C=O) groups is 1. The lowest BCUT2D eigenvalue weighted by molar-refractivity contribution is -0.123. The van der Waals surface area contributed by atoms with Gasteiger partial charge in [-0.15, -0.1) is 0 Å². The fourth-order valence-corrected chi connectivity index (χ4v) is 1.94. The van der Waals surface area contributed by atoms with Gasteiger partial charge in [0, 0.05) is 22.5 Å². The number of rotatable bonds is 7. The smallest absolute Gasteiger partial charge is 0.237 e. The third-order valence-corrected chi connectivity index (χ3v) is 3.33. The van der Waals surface area contributed by atoms with E-state index in [9.17, 15) is 4.79 Å². The molecule has 0 heterocycles. The summed E-state index contributed by atoms with van der Waals surface area (Å²) in [5.74, 6) is -0.434. The summed E-state index contributed by atoms with van der Waals surface area (Å²) in [6, 6.07) is 7.69. The predicted octanol–water partition coefficient (Wildman–Crippen LogP) is 2.14. The van der Waals surface area contributed by atoms with Crippen molar-refractivity contribution in [3.05, 3.63) is 44.7 Å². The van der Waals surface area contributed by atoms with Gasteiger partial charge in [-0.1, -0.05) is 33.2 Å². The number of nitrogens with two attached hydrogens (primary N) is 1. The molecule has 0 aliphatic carbocycles. The van der Waals surface area contributed by atoms with Crippen LogP contribution >= 0.6 is 15.9 Å². The van der Waals surface area contributed by atoms with Crippen LogP contribution in [0.3, 0.4) is 0 Å². The first-order valence-electron chi connectivity index (χ1n) is 5.78. The first kappa shape index (κ1) is 15.5. The van der Waals surface area contributed by atoms with Crippen molar-refractivity contribution < 1.29 is 4.79 Å². The summed E-state index contributed by atoms with van der Waals surface area (Å²) in [7, 11) is 0. The Morgan fingerprint density at radius 3 is 2.68 bits per heavy atom. The average molecular weight is 326 g/mol. The Hall–Kier alpha value is -1.56. The summed E-state index contributed by atoms with van der Waals surface area (Å²) in [6.07, 6.45) is 0.478. The van der Waals surface area contributed by atoms with Gasteiger partial charge in [0.25, 0.3) is 0 Å². The van der Waals surface area contributed by atoms with E-state index in [0.29, 0.717) is 13.0 Å². The number of carbonyl (C=O) groups excluding carboxylic acids is 1. The second kappa shape index (κ2) is 7.13. The van der Waals surface area contributed by atoms with Crippen molar-refractivity contribution in [2.75, 3.05) is 13.1 Å². The van der Waals surface area contributed by atoms with E-state index in [1.54, 1.807) is 6.92 Å². The molecule has 0 saturated carbocycles. The fourth-order valence-electron chi connectivity index (χ4n) is 1.67. The standard InChI is InChI=1S/C12H16BrN5O/c1-12(11(14)19,16-6-7-17-18-15)8-9-2-4-10(13)5-3-9/h2-5,16H,6-8H2,1H3,(H2,14,19). The number of amides is 1. The molecule has 1 aromatic rings. The zero-order valence-electron chi connectivity index (χ0n) is 10.6. The van der Waals surface area contributed by atoms with Crippen molar-refractivity contribution in [3.8, 4) is 0 Å². The van der Waals surface area contributed by atoms with Crippen LogP contribution in [0, 0.1) is 0 Å². The maximum absolute atomic E-state index is 11.6. The zero-order chi connectivity index (χ0) is 14.3. The highest BCUT2D eigenvalue weighted by molar-refractivity contribution is 9.10. The third kappa shape index (κ3) is 4.90. The van der Waals surface area contributed by atoms with E-state index in [4.69, 9.17) is 11.3 Å². The van der Waals surface area contributed by atoms with Crippen molar-refractivity contribution in [1.29, 1.82) is 0 Å². The van der Waals surface area contributed by atoms with Gasteiger partial charge in [-0.25, -0.2) is 0 Å². The minimum atomic E-state index is -0.862. The molecule has 0 aliphatic heterocycles. The molecule has 0 fully saturated rings. The number of nitrogens with one attached hydrogen (secondary N) is 1. The van der Waals surface area contributed by atoms with E-state index in [1.807, 2.05) is 24.3 Å². The minimum absolute atomic E-state index is 0.277. The quantitative estimate of drug-likeness (QED) is 0.347. The van der Waals surface area contributed by atoms with Crippen LogP contribution in [0.25, 0.3) is 10.4 Å². The monoisotopic (exact) mass is 325 g/mol. The van der Waals surface area contributed by atoms with E-state index in [2.05, 4.69) is 31.3 Å². The lowest BCUT2D eigenvalue weighted by Crippen LogP contribution is -2.55. The molecule has 0 aromatic heterocycles. The van der Waals surface area contributed by atoms with Gasteiger partial charge in [0.2, 0.25) is 5.91 Å². The zero-order valence-corrected chi connectivity index (χ0v) is 12.2. The molecule has 0 spiro atoms. The van der Waals surface area contributed by atoms with Crippen molar-refractivity contribution in [1.82, 2.24) is 5.32 Å². The van der Waals surface area contributed by atoms with Gasteiger partial charge in [0.1, 0.15) is 0 Å². The van der Waals surface area contributed by atoms with Crippen molar-refractivity contribution in [3.63, 3.8) is 0 Å². The molecule has 6 nitrogen and oxygen atoms in total. The molecule has 3 N–H and O–H groups in total. The summed E-state index contributed by atoms with van der Waals surface area (Å²) in [4.78, 5) is 14.3. The second-order valence-electron chi connectivity index (χ2n) is 4.38. The lowest BCUT2D eigenvalue weighted by Gasteiger charge is -2.27. The second-order valence-corrected chi connectivity index (χ2v) is 5.30. The highest BCUT2D eigenvalue weighted by Gasteiger charge is 2.30. The van der Waals surface area contributed by atoms with Crippen LogP contribution in [0.1, 0.15) is 12.5 Å².